The highest BCUT2D eigenvalue weighted by Crippen LogP contribution is 2.52. The fourth-order valence-electron chi connectivity index (χ4n) is 3.86. The molecule has 7 nitrogen and oxygen atoms in total. The minimum absolute atomic E-state index is 0.0469. The van der Waals surface area contributed by atoms with E-state index in [4.69, 9.17) is 4.74 Å². The second-order valence-electron chi connectivity index (χ2n) is 5.86. The Balaban J connectivity index is 2.00. The lowest BCUT2D eigenvalue weighted by Crippen LogP contribution is -2.37. The molecule has 3 rings (SSSR count). The number of hydrogen-bond acceptors (Lipinski definition) is 6. The summed E-state index contributed by atoms with van der Waals surface area (Å²) < 4.78 is 5.58. The standard InChI is InChI=1S/C14H16BrN3O4/c1-22-13(19)14-4-2-3-9(14)7-17(8-14)12-10(15)5-16-6-11(12)18(20)21/h5-6,9H,2-4,7-8H2,1H3. The number of nitro groups is 1. The van der Waals surface area contributed by atoms with Gasteiger partial charge < -0.3 is 9.64 Å². The molecule has 2 atom stereocenters. The van der Waals surface area contributed by atoms with Crippen molar-refractivity contribution >= 4 is 33.3 Å². The van der Waals surface area contributed by atoms with Crippen LogP contribution in [-0.2, 0) is 9.53 Å². The molecule has 0 amide bonds. The van der Waals surface area contributed by atoms with E-state index in [1.165, 1.54) is 13.3 Å². The van der Waals surface area contributed by atoms with Gasteiger partial charge in [-0.3, -0.25) is 19.9 Å². The molecule has 0 radical (unpaired) electrons. The minimum atomic E-state index is -0.536. The van der Waals surface area contributed by atoms with Crippen molar-refractivity contribution in [3.63, 3.8) is 0 Å². The summed E-state index contributed by atoms with van der Waals surface area (Å²) in [6, 6.07) is 0. The molecule has 22 heavy (non-hydrogen) atoms. The van der Waals surface area contributed by atoms with Gasteiger partial charge in [0.2, 0.25) is 0 Å². The lowest BCUT2D eigenvalue weighted by Gasteiger charge is -2.26. The highest BCUT2D eigenvalue weighted by molar-refractivity contribution is 9.10. The number of hydrogen-bond donors (Lipinski definition) is 0. The normalized spacial score (nSPS) is 26.8. The largest absolute Gasteiger partial charge is 0.469 e. The van der Waals surface area contributed by atoms with Gasteiger partial charge in [0.15, 0.2) is 0 Å². The Morgan fingerprint density at radius 2 is 2.36 bits per heavy atom. The fraction of sp³-hybridized carbons (Fsp3) is 0.571. The van der Waals surface area contributed by atoms with Gasteiger partial charge in [-0.25, -0.2) is 0 Å². The summed E-state index contributed by atoms with van der Waals surface area (Å²) in [5, 5.41) is 11.3. The summed E-state index contributed by atoms with van der Waals surface area (Å²) >= 11 is 3.35. The molecule has 118 valence electrons. The van der Waals surface area contributed by atoms with E-state index in [9.17, 15) is 14.9 Å². The van der Waals surface area contributed by atoms with Gasteiger partial charge in [0.25, 0.3) is 0 Å². The summed E-state index contributed by atoms with van der Waals surface area (Å²) in [4.78, 5) is 28.9. The molecule has 2 heterocycles. The smallest absolute Gasteiger partial charge is 0.313 e. The maximum atomic E-state index is 12.3. The first kappa shape index (κ1) is 15.2. The Hall–Kier alpha value is -1.70. The van der Waals surface area contributed by atoms with Crippen LogP contribution >= 0.6 is 15.9 Å². The van der Waals surface area contributed by atoms with Gasteiger partial charge in [-0.2, -0.15) is 0 Å². The molecule has 1 aromatic heterocycles. The molecule has 1 saturated carbocycles. The van der Waals surface area contributed by atoms with Crippen LogP contribution in [0.4, 0.5) is 11.4 Å². The Morgan fingerprint density at radius 3 is 3.05 bits per heavy atom. The van der Waals surface area contributed by atoms with Gasteiger partial charge in [-0.1, -0.05) is 6.42 Å². The van der Waals surface area contributed by atoms with Crippen LogP contribution in [0, 0.1) is 21.4 Å². The highest BCUT2D eigenvalue weighted by Gasteiger charge is 2.56. The molecule has 0 spiro atoms. The summed E-state index contributed by atoms with van der Waals surface area (Å²) in [6.45, 7) is 1.08. The Bertz CT molecular complexity index is 639. The molecule has 0 bridgehead atoms. The number of carbonyl (C=O) groups excluding carboxylic acids is 1. The van der Waals surface area contributed by atoms with Crippen molar-refractivity contribution in [2.45, 2.75) is 19.3 Å². The predicted octanol–water partition coefficient (Wildman–Crippen LogP) is 2.53. The first-order valence-corrected chi connectivity index (χ1v) is 7.90. The number of rotatable bonds is 3. The van der Waals surface area contributed by atoms with Crippen molar-refractivity contribution < 1.29 is 14.5 Å². The topological polar surface area (TPSA) is 85.6 Å². The average Bonchev–Trinajstić information content (AvgIpc) is 3.03. The first-order valence-electron chi connectivity index (χ1n) is 7.11. The van der Waals surface area contributed by atoms with Crippen LogP contribution in [0.5, 0.6) is 0 Å². The van der Waals surface area contributed by atoms with Crippen molar-refractivity contribution in [3.8, 4) is 0 Å². The number of esters is 1. The maximum absolute atomic E-state index is 12.3. The lowest BCUT2D eigenvalue weighted by molar-refractivity contribution is -0.384. The van der Waals surface area contributed by atoms with E-state index in [1.54, 1.807) is 6.20 Å². The van der Waals surface area contributed by atoms with Gasteiger partial charge in [0.1, 0.15) is 11.9 Å². The molecule has 0 aromatic carbocycles. The van der Waals surface area contributed by atoms with Crippen LogP contribution in [0.15, 0.2) is 16.9 Å². The third-order valence-corrected chi connectivity index (χ3v) is 5.41. The molecule has 2 unspecified atom stereocenters. The van der Waals surface area contributed by atoms with Crippen LogP contribution < -0.4 is 4.90 Å². The van der Waals surface area contributed by atoms with E-state index < -0.39 is 10.3 Å². The van der Waals surface area contributed by atoms with E-state index in [0.29, 0.717) is 23.2 Å². The van der Waals surface area contributed by atoms with Crippen molar-refractivity contribution in [3.05, 3.63) is 27.0 Å². The summed E-state index contributed by atoms with van der Waals surface area (Å²) in [7, 11) is 1.40. The average molecular weight is 370 g/mol. The summed E-state index contributed by atoms with van der Waals surface area (Å²) in [5.41, 5.74) is -0.0854. The Labute approximate surface area is 135 Å². The van der Waals surface area contributed by atoms with E-state index >= 15 is 0 Å². The Kier molecular flexibility index (Phi) is 3.80. The van der Waals surface area contributed by atoms with Gasteiger partial charge in [0.05, 0.1) is 21.9 Å². The number of carbonyl (C=O) groups is 1. The minimum Gasteiger partial charge on any atom is -0.469 e. The second-order valence-corrected chi connectivity index (χ2v) is 6.72. The lowest BCUT2D eigenvalue weighted by atomic mass is 9.81. The van der Waals surface area contributed by atoms with Gasteiger partial charge >= 0.3 is 11.7 Å². The first-order chi connectivity index (χ1) is 10.5. The molecule has 1 aliphatic carbocycles. The molecule has 2 fully saturated rings. The van der Waals surface area contributed by atoms with Crippen molar-refractivity contribution in [2.75, 3.05) is 25.1 Å². The molecule has 2 aliphatic rings. The SMILES string of the molecule is COC(=O)C12CCCC1CN(c1c(Br)cncc1[N+](=O)[O-])C2. The Morgan fingerprint density at radius 1 is 1.59 bits per heavy atom. The van der Waals surface area contributed by atoms with Crippen LogP contribution in [0.1, 0.15) is 19.3 Å². The van der Waals surface area contributed by atoms with Crippen molar-refractivity contribution in [1.29, 1.82) is 0 Å². The van der Waals surface area contributed by atoms with Crippen LogP contribution in [0.2, 0.25) is 0 Å². The molecule has 1 saturated heterocycles. The van der Waals surface area contributed by atoms with E-state index in [1.807, 2.05) is 4.90 Å². The number of methoxy groups -OCH3 is 1. The zero-order valence-corrected chi connectivity index (χ0v) is 13.7. The van der Waals surface area contributed by atoms with Crippen LogP contribution in [0.25, 0.3) is 0 Å². The van der Waals surface area contributed by atoms with Gasteiger partial charge in [-0.15, -0.1) is 0 Å². The summed E-state index contributed by atoms with van der Waals surface area (Å²) in [5.74, 6) is -0.0232. The third-order valence-electron chi connectivity index (χ3n) is 4.83. The quantitative estimate of drug-likeness (QED) is 0.462. The van der Waals surface area contributed by atoms with Crippen LogP contribution in [0.3, 0.4) is 0 Å². The summed E-state index contributed by atoms with van der Waals surface area (Å²) in [6.07, 6.45) is 5.51. The molecule has 1 aromatic rings. The highest BCUT2D eigenvalue weighted by atomic mass is 79.9. The monoisotopic (exact) mass is 369 g/mol. The molecule has 1 aliphatic heterocycles. The van der Waals surface area contributed by atoms with E-state index in [-0.39, 0.29) is 17.6 Å². The van der Waals surface area contributed by atoms with Crippen molar-refractivity contribution in [1.82, 2.24) is 4.98 Å². The van der Waals surface area contributed by atoms with Gasteiger partial charge in [-0.05, 0) is 34.7 Å². The molecular weight excluding hydrogens is 354 g/mol. The fourth-order valence-corrected chi connectivity index (χ4v) is 4.43. The molecular formula is C14H16BrN3O4. The van der Waals surface area contributed by atoms with Gasteiger partial charge in [0, 0.05) is 19.3 Å². The zero-order valence-electron chi connectivity index (χ0n) is 12.1. The molecule has 8 heteroatoms. The number of aromatic nitrogens is 1. The number of fused-ring (bicyclic) bond motifs is 1. The zero-order chi connectivity index (χ0) is 15.9. The van der Waals surface area contributed by atoms with Crippen molar-refractivity contribution in [2.24, 2.45) is 11.3 Å². The third kappa shape index (κ3) is 2.16. The second kappa shape index (κ2) is 5.49. The maximum Gasteiger partial charge on any atom is 0.313 e. The number of nitrogens with zero attached hydrogens (tertiary/aromatic N) is 3. The number of pyridine rings is 1. The van der Waals surface area contributed by atoms with E-state index in [2.05, 4.69) is 20.9 Å². The number of ether oxygens (including phenoxy) is 1. The number of halogens is 1. The van der Waals surface area contributed by atoms with Crippen LogP contribution in [-0.4, -0.2) is 36.1 Å². The number of anilines is 1. The van der Waals surface area contributed by atoms with E-state index in [0.717, 1.165) is 19.3 Å². The molecule has 0 N–H and O–H groups in total. The predicted molar refractivity (Wildman–Crippen MR) is 82.6 cm³/mol.